The number of para-hydroxylation sites is 2. The molecule has 0 aliphatic carbocycles. The van der Waals surface area contributed by atoms with Crippen LogP contribution in [0.25, 0.3) is 33.2 Å². The van der Waals surface area contributed by atoms with Crippen molar-refractivity contribution in [3.8, 4) is 11.4 Å². The van der Waals surface area contributed by atoms with E-state index in [1.807, 2.05) is 63.2 Å². The number of halogens is 5. The average Bonchev–Trinajstić information content (AvgIpc) is 2.81. The summed E-state index contributed by atoms with van der Waals surface area (Å²) in [6.07, 6.45) is 1.77. The van der Waals surface area contributed by atoms with Crippen LogP contribution in [0.2, 0.25) is 25.2 Å². The molecule has 0 unspecified atom stereocenters. The Morgan fingerprint density at radius 3 is 1.79 bits per heavy atom. The second-order valence-electron chi connectivity index (χ2n) is 7.73. The van der Waals surface area contributed by atoms with Gasteiger partial charge in [0, 0.05) is 22.5 Å². The smallest absolute Gasteiger partial charge is 0.134 e. The highest BCUT2D eigenvalue weighted by Gasteiger charge is 2.14. The van der Waals surface area contributed by atoms with Crippen molar-refractivity contribution >= 4 is 79.8 Å². The van der Waals surface area contributed by atoms with Crippen LogP contribution >= 0.6 is 58.0 Å². The van der Waals surface area contributed by atoms with Gasteiger partial charge in [-0.2, -0.15) is 0 Å². The summed E-state index contributed by atoms with van der Waals surface area (Å²) in [6, 6.07) is 15.0. The lowest BCUT2D eigenvalue weighted by molar-refractivity contribution is 1.23. The van der Waals surface area contributed by atoms with Crippen LogP contribution in [0, 0.1) is 20.8 Å². The molecule has 3 nitrogen and oxygen atoms in total. The highest BCUT2D eigenvalue weighted by Crippen LogP contribution is 2.35. The van der Waals surface area contributed by atoms with Gasteiger partial charge in [0.05, 0.1) is 42.5 Å². The monoisotopic (exact) mass is 547 g/mol. The Bertz CT molecular complexity index is 1550. The molecule has 3 aromatic heterocycles. The molecular weight excluding hydrogens is 532 g/mol. The van der Waals surface area contributed by atoms with Crippen LogP contribution < -0.4 is 0 Å². The predicted octanol–water partition coefficient (Wildman–Crippen LogP) is 9.72. The van der Waals surface area contributed by atoms with E-state index in [2.05, 4.69) is 15.0 Å². The summed E-state index contributed by atoms with van der Waals surface area (Å²) in [7, 11) is 0. The summed E-state index contributed by atoms with van der Waals surface area (Å²) in [5.74, 6) is 0. The predicted molar refractivity (Wildman–Crippen MR) is 146 cm³/mol. The first-order chi connectivity index (χ1) is 16.2. The van der Waals surface area contributed by atoms with Crippen LogP contribution in [0.5, 0.6) is 0 Å². The molecule has 8 heteroatoms. The van der Waals surface area contributed by atoms with Gasteiger partial charge in [-0.05, 0) is 56.2 Å². The Labute approximate surface area is 222 Å². The van der Waals surface area contributed by atoms with Crippen molar-refractivity contribution in [1.29, 1.82) is 0 Å². The van der Waals surface area contributed by atoms with E-state index >= 15 is 0 Å². The van der Waals surface area contributed by atoms with Gasteiger partial charge in [-0.1, -0.05) is 82.3 Å². The van der Waals surface area contributed by atoms with Gasteiger partial charge in [0.1, 0.15) is 5.15 Å². The molecule has 3 heterocycles. The minimum Gasteiger partial charge on any atom is -0.255 e. The fraction of sp³-hybridized carbons (Fsp3) is 0.115. The molecule has 5 rings (SSSR count). The number of rotatable bonds is 1. The standard InChI is InChI=1S/C16H12Cl2N2.C10H6Cl3N/c1-9-6-7-19-13(8-9)15-10(2)14(18)11-4-3-5-12(17)16(11)20-15;1-5-8(12)6-3-2-4-7(11)9(6)14-10(5)13/h3-8H,1-2H3;2-4H,1H3. The molecule has 172 valence electrons. The van der Waals surface area contributed by atoms with Crippen molar-refractivity contribution in [2.24, 2.45) is 0 Å². The van der Waals surface area contributed by atoms with Crippen molar-refractivity contribution < 1.29 is 0 Å². The normalized spacial score (nSPS) is 10.9. The highest BCUT2D eigenvalue weighted by molar-refractivity contribution is 6.42. The van der Waals surface area contributed by atoms with Gasteiger partial charge in [-0.15, -0.1) is 0 Å². The maximum Gasteiger partial charge on any atom is 0.134 e. The first-order valence-electron chi connectivity index (χ1n) is 10.3. The Morgan fingerprint density at radius 2 is 1.21 bits per heavy atom. The van der Waals surface area contributed by atoms with E-state index in [9.17, 15) is 0 Å². The molecule has 0 aliphatic rings. The molecule has 0 atom stereocenters. The Kier molecular flexibility index (Phi) is 7.51. The van der Waals surface area contributed by atoms with E-state index in [0.717, 1.165) is 38.9 Å². The second-order valence-corrected chi connectivity index (χ2v) is 9.66. The summed E-state index contributed by atoms with van der Waals surface area (Å²) in [5.41, 5.74) is 5.78. The molecular formula is C26H18Cl5N3. The molecule has 0 aliphatic heterocycles. The molecule has 0 saturated heterocycles. The molecule has 5 aromatic rings. The molecule has 0 radical (unpaired) electrons. The van der Waals surface area contributed by atoms with Crippen LogP contribution in [0.4, 0.5) is 0 Å². The van der Waals surface area contributed by atoms with Gasteiger partial charge in [0.15, 0.2) is 0 Å². The third-order valence-electron chi connectivity index (χ3n) is 5.36. The quantitative estimate of drug-likeness (QED) is 0.195. The highest BCUT2D eigenvalue weighted by atomic mass is 35.5. The summed E-state index contributed by atoms with van der Waals surface area (Å²) < 4.78 is 0. The van der Waals surface area contributed by atoms with E-state index in [1.165, 1.54) is 0 Å². The zero-order chi connectivity index (χ0) is 24.6. The number of hydrogen-bond acceptors (Lipinski definition) is 3. The van der Waals surface area contributed by atoms with Gasteiger partial charge in [-0.3, -0.25) is 4.98 Å². The van der Waals surface area contributed by atoms with Gasteiger partial charge in [0.25, 0.3) is 0 Å². The average molecular weight is 550 g/mol. The summed E-state index contributed by atoms with van der Waals surface area (Å²) in [4.78, 5) is 13.2. The SMILES string of the molecule is Cc1c(Cl)nc2c(Cl)cccc2c1Cl.Cc1ccnc(-c2nc3c(Cl)cccc3c(Cl)c2C)c1. The Balaban J connectivity index is 0.000000172. The maximum absolute atomic E-state index is 6.47. The van der Waals surface area contributed by atoms with Crippen molar-refractivity contribution in [1.82, 2.24) is 15.0 Å². The van der Waals surface area contributed by atoms with Crippen molar-refractivity contribution in [3.63, 3.8) is 0 Å². The zero-order valence-corrected chi connectivity index (χ0v) is 22.2. The van der Waals surface area contributed by atoms with Gasteiger partial charge in [0.2, 0.25) is 0 Å². The van der Waals surface area contributed by atoms with Crippen LogP contribution in [-0.4, -0.2) is 15.0 Å². The second kappa shape index (κ2) is 10.2. The van der Waals surface area contributed by atoms with Crippen LogP contribution in [0.3, 0.4) is 0 Å². The summed E-state index contributed by atoms with van der Waals surface area (Å²) in [5, 5.41) is 4.55. The van der Waals surface area contributed by atoms with E-state index in [4.69, 9.17) is 58.0 Å². The minimum absolute atomic E-state index is 0.399. The lowest BCUT2D eigenvalue weighted by Gasteiger charge is -2.11. The summed E-state index contributed by atoms with van der Waals surface area (Å²) >= 11 is 30.7. The number of benzene rings is 2. The zero-order valence-electron chi connectivity index (χ0n) is 18.4. The number of aromatic nitrogens is 3. The molecule has 0 bridgehead atoms. The summed E-state index contributed by atoms with van der Waals surface area (Å²) in [6.45, 7) is 5.81. The van der Waals surface area contributed by atoms with E-state index in [0.29, 0.717) is 36.3 Å². The molecule has 0 N–H and O–H groups in total. The van der Waals surface area contributed by atoms with Crippen LogP contribution in [0.1, 0.15) is 16.7 Å². The number of fused-ring (bicyclic) bond motifs is 2. The minimum atomic E-state index is 0.399. The van der Waals surface area contributed by atoms with E-state index < -0.39 is 0 Å². The fourth-order valence-corrected chi connectivity index (χ4v) is 4.65. The topological polar surface area (TPSA) is 38.7 Å². The first kappa shape index (κ1) is 25.0. The number of aryl methyl sites for hydroxylation is 1. The van der Waals surface area contributed by atoms with E-state index in [1.54, 1.807) is 12.3 Å². The number of pyridine rings is 3. The van der Waals surface area contributed by atoms with Crippen LogP contribution in [0.15, 0.2) is 54.7 Å². The van der Waals surface area contributed by atoms with Gasteiger partial charge >= 0.3 is 0 Å². The van der Waals surface area contributed by atoms with Crippen molar-refractivity contribution in [2.75, 3.05) is 0 Å². The first-order valence-corrected chi connectivity index (χ1v) is 12.1. The third-order valence-corrected chi connectivity index (χ3v) is 7.31. The largest absolute Gasteiger partial charge is 0.255 e. The maximum atomic E-state index is 6.47. The van der Waals surface area contributed by atoms with Gasteiger partial charge in [-0.25, -0.2) is 9.97 Å². The van der Waals surface area contributed by atoms with Crippen molar-refractivity contribution in [2.45, 2.75) is 20.8 Å². The third kappa shape index (κ3) is 4.82. The Morgan fingerprint density at radius 1 is 0.647 bits per heavy atom. The van der Waals surface area contributed by atoms with Crippen molar-refractivity contribution in [3.05, 3.63) is 96.7 Å². The van der Waals surface area contributed by atoms with E-state index in [-0.39, 0.29) is 0 Å². The molecule has 0 saturated carbocycles. The molecule has 0 fully saturated rings. The Hall–Kier alpha value is -2.14. The molecule has 0 amide bonds. The lowest BCUT2D eigenvalue weighted by Crippen LogP contribution is -1.95. The molecule has 34 heavy (non-hydrogen) atoms. The number of hydrogen-bond donors (Lipinski definition) is 0. The lowest BCUT2D eigenvalue weighted by atomic mass is 10.1. The van der Waals surface area contributed by atoms with Crippen LogP contribution in [-0.2, 0) is 0 Å². The molecule has 0 spiro atoms. The fourth-order valence-electron chi connectivity index (χ4n) is 3.50. The van der Waals surface area contributed by atoms with Gasteiger partial charge < -0.3 is 0 Å². The number of nitrogens with zero attached hydrogens (tertiary/aromatic N) is 3. The molecule has 2 aromatic carbocycles.